The van der Waals surface area contributed by atoms with Crippen LogP contribution in [0.5, 0.6) is 0 Å². The van der Waals surface area contributed by atoms with E-state index in [-0.39, 0.29) is 16.7 Å². The highest BCUT2D eigenvalue weighted by molar-refractivity contribution is 6.21. The molecule has 7 nitrogen and oxygen atoms in total. The van der Waals surface area contributed by atoms with Crippen LogP contribution in [0.4, 0.5) is 5.69 Å². The maximum atomic E-state index is 12.4. The van der Waals surface area contributed by atoms with Crippen molar-refractivity contribution in [1.29, 1.82) is 0 Å². The molecule has 1 aliphatic rings. The Morgan fingerprint density at radius 1 is 0.931 bits per heavy atom. The molecule has 2 aromatic rings. The molecule has 0 aromatic heterocycles. The van der Waals surface area contributed by atoms with Crippen molar-refractivity contribution in [3.8, 4) is 0 Å². The van der Waals surface area contributed by atoms with Gasteiger partial charge in [-0.05, 0) is 48.7 Å². The Labute approximate surface area is 168 Å². The van der Waals surface area contributed by atoms with Crippen LogP contribution in [0.25, 0.3) is 0 Å². The van der Waals surface area contributed by atoms with E-state index in [9.17, 15) is 19.2 Å². The summed E-state index contributed by atoms with van der Waals surface area (Å²) in [5.74, 6) is -1.73. The summed E-state index contributed by atoms with van der Waals surface area (Å²) in [5.41, 5.74) is 2.24. The number of nitrogens with one attached hydrogen (secondary N) is 1. The van der Waals surface area contributed by atoms with E-state index in [1.54, 1.807) is 12.1 Å². The molecule has 3 rings (SSSR count). The summed E-state index contributed by atoms with van der Waals surface area (Å²) in [6.45, 7) is 5.62. The Balaban J connectivity index is 1.65. The third kappa shape index (κ3) is 4.03. The molecule has 0 aliphatic carbocycles. The van der Waals surface area contributed by atoms with Crippen molar-refractivity contribution in [3.63, 3.8) is 0 Å². The molecule has 7 heteroatoms. The Morgan fingerprint density at radius 3 is 2.17 bits per heavy atom. The van der Waals surface area contributed by atoms with Crippen molar-refractivity contribution in [2.24, 2.45) is 0 Å². The zero-order chi connectivity index (χ0) is 21.3. The number of amides is 3. The minimum absolute atomic E-state index is 0.0983. The van der Waals surface area contributed by atoms with E-state index in [4.69, 9.17) is 4.74 Å². The summed E-state index contributed by atoms with van der Waals surface area (Å²) < 4.78 is 5.22. The average Bonchev–Trinajstić information content (AvgIpc) is 2.92. The quantitative estimate of drug-likeness (QED) is 0.621. The second-order valence-corrected chi connectivity index (χ2v) is 7.24. The Kier molecular flexibility index (Phi) is 5.50. The van der Waals surface area contributed by atoms with E-state index in [1.807, 2.05) is 12.1 Å². The largest absolute Gasteiger partial charge is 0.449 e. The van der Waals surface area contributed by atoms with Crippen molar-refractivity contribution in [2.45, 2.75) is 32.8 Å². The van der Waals surface area contributed by atoms with Gasteiger partial charge in [-0.15, -0.1) is 0 Å². The molecule has 1 atom stereocenters. The molecule has 2 aromatic carbocycles. The molecule has 0 saturated heterocycles. The Hall–Kier alpha value is -3.48. The summed E-state index contributed by atoms with van der Waals surface area (Å²) in [7, 11) is 1.38. The molecular weight excluding hydrogens is 372 g/mol. The summed E-state index contributed by atoms with van der Waals surface area (Å²) >= 11 is 0. The molecule has 0 radical (unpaired) electrons. The van der Waals surface area contributed by atoms with E-state index in [0.29, 0.717) is 11.6 Å². The van der Waals surface area contributed by atoms with Crippen LogP contribution in [0.1, 0.15) is 63.3 Å². The molecule has 0 fully saturated rings. The molecule has 29 heavy (non-hydrogen) atoms. The van der Waals surface area contributed by atoms with Crippen molar-refractivity contribution >= 4 is 29.4 Å². The molecule has 1 aliphatic heterocycles. The highest BCUT2D eigenvalue weighted by Gasteiger charge is 2.33. The number of hydrogen-bond donors (Lipinski definition) is 1. The summed E-state index contributed by atoms with van der Waals surface area (Å²) in [5, 5.41) is 2.70. The monoisotopic (exact) mass is 394 g/mol. The number of benzene rings is 2. The van der Waals surface area contributed by atoms with E-state index in [1.165, 1.54) is 32.2 Å². The minimum atomic E-state index is -1.04. The lowest BCUT2D eigenvalue weighted by molar-refractivity contribution is -0.123. The van der Waals surface area contributed by atoms with Gasteiger partial charge in [0, 0.05) is 12.7 Å². The van der Waals surface area contributed by atoms with Gasteiger partial charge in [0.25, 0.3) is 17.7 Å². The zero-order valence-electron chi connectivity index (χ0n) is 16.7. The van der Waals surface area contributed by atoms with Crippen molar-refractivity contribution in [2.75, 3.05) is 12.4 Å². The number of hydrogen-bond acceptors (Lipinski definition) is 5. The lowest BCUT2D eigenvalue weighted by atomic mass is 10.0. The number of esters is 1. The van der Waals surface area contributed by atoms with Crippen molar-refractivity contribution in [1.82, 2.24) is 4.90 Å². The molecular formula is C22H22N2O5. The molecule has 150 valence electrons. The molecule has 0 spiro atoms. The molecule has 1 N–H and O–H groups in total. The standard InChI is InChI=1S/C22H22N2O5/c1-12(2)14-5-8-16(9-6-14)23-19(25)13(3)29-22(28)15-7-10-17-18(11-15)21(27)24(4)20(17)26/h5-13H,1-4H3,(H,23,25). The van der Waals surface area contributed by atoms with Gasteiger partial charge >= 0.3 is 5.97 Å². The second-order valence-electron chi connectivity index (χ2n) is 7.24. The van der Waals surface area contributed by atoms with Crippen LogP contribution in [-0.4, -0.2) is 41.7 Å². The SMILES string of the molecule is CC(OC(=O)c1ccc2c(c1)C(=O)N(C)C2=O)C(=O)Nc1ccc(C(C)C)cc1. The van der Waals surface area contributed by atoms with Gasteiger partial charge < -0.3 is 10.1 Å². The van der Waals surface area contributed by atoms with E-state index in [0.717, 1.165) is 10.5 Å². The van der Waals surface area contributed by atoms with Crippen LogP contribution < -0.4 is 5.32 Å². The van der Waals surface area contributed by atoms with Gasteiger partial charge in [0.05, 0.1) is 16.7 Å². The topological polar surface area (TPSA) is 92.8 Å². The smallest absolute Gasteiger partial charge is 0.338 e. The van der Waals surface area contributed by atoms with Crippen LogP contribution in [0.15, 0.2) is 42.5 Å². The predicted molar refractivity (Wildman–Crippen MR) is 107 cm³/mol. The first kappa shape index (κ1) is 20.3. The number of ether oxygens (including phenoxy) is 1. The van der Waals surface area contributed by atoms with Crippen LogP contribution >= 0.6 is 0 Å². The normalized spacial score (nSPS) is 14.0. The molecule has 1 unspecified atom stereocenters. The summed E-state index contributed by atoms with van der Waals surface area (Å²) in [6, 6.07) is 11.6. The highest BCUT2D eigenvalue weighted by Crippen LogP contribution is 2.23. The Morgan fingerprint density at radius 2 is 1.55 bits per heavy atom. The summed E-state index contributed by atoms with van der Waals surface area (Å²) in [4.78, 5) is 49.7. The van der Waals surface area contributed by atoms with Gasteiger partial charge in [-0.1, -0.05) is 26.0 Å². The van der Waals surface area contributed by atoms with E-state index in [2.05, 4.69) is 19.2 Å². The second kappa shape index (κ2) is 7.87. The van der Waals surface area contributed by atoms with Gasteiger partial charge in [0.15, 0.2) is 6.10 Å². The number of carbonyl (C=O) groups excluding carboxylic acids is 4. The lowest BCUT2D eigenvalue weighted by Crippen LogP contribution is -2.30. The lowest BCUT2D eigenvalue weighted by Gasteiger charge is -2.14. The van der Waals surface area contributed by atoms with Gasteiger partial charge in [0.1, 0.15) is 0 Å². The van der Waals surface area contributed by atoms with Crippen LogP contribution in [0.2, 0.25) is 0 Å². The van der Waals surface area contributed by atoms with E-state index >= 15 is 0 Å². The van der Waals surface area contributed by atoms with Crippen LogP contribution in [-0.2, 0) is 9.53 Å². The third-order valence-corrected chi connectivity index (χ3v) is 4.82. The predicted octanol–water partition coefficient (Wildman–Crippen LogP) is 3.22. The number of carbonyl (C=O) groups is 4. The molecule has 0 saturated carbocycles. The number of fused-ring (bicyclic) bond motifs is 1. The summed E-state index contributed by atoms with van der Waals surface area (Å²) in [6.07, 6.45) is -1.04. The van der Waals surface area contributed by atoms with Gasteiger partial charge in [-0.2, -0.15) is 0 Å². The fourth-order valence-electron chi connectivity index (χ4n) is 2.97. The zero-order valence-corrected chi connectivity index (χ0v) is 16.7. The van der Waals surface area contributed by atoms with Crippen molar-refractivity contribution < 1.29 is 23.9 Å². The van der Waals surface area contributed by atoms with Gasteiger partial charge in [0.2, 0.25) is 0 Å². The number of imide groups is 1. The maximum Gasteiger partial charge on any atom is 0.338 e. The fourth-order valence-corrected chi connectivity index (χ4v) is 2.97. The van der Waals surface area contributed by atoms with Gasteiger partial charge in [-0.3, -0.25) is 19.3 Å². The Bertz CT molecular complexity index is 995. The number of rotatable bonds is 5. The fraction of sp³-hybridized carbons (Fsp3) is 0.273. The number of nitrogens with zero attached hydrogens (tertiary/aromatic N) is 1. The molecule has 0 bridgehead atoms. The van der Waals surface area contributed by atoms with Crippen molar-refractivity contribution in [3.05, 3.63) is 64.7 Å². The first-order valence-electron chi connectivity index (χ1n) is 9.27. The van der Waals surface area contributed by atoms with E-state index < -0.39 is 29.8 Å². The first-order chi connectivity index (χ1) is 13.7. The average molecular weight is 394 g/mol. The third-order valence-electron chi connectivity index (χ3n) is 4.82. The van der Waals surface area contributed by atoms with Gasteiger partial charge in [-0.25, -0.2) is 4.79 Å². The first-order valence-corrected chi connectivity index (χ1v) is 9.27. The molecule has 1 heterocycles. The number of anilines is 1. The van der Waals surface area contributed by atoms with Crippen LogP contribution in [0.3, 0.4) is 0 Å². The maximum absolute atomic E-state index is 12.4. The highest BCUT2D eigenvalue weighted by atomic mass is 16.5. The molecule has 3 amide bonds. The van der Waals surface area contributed by atoms with Crippen LogP contribution in [0, 0.1) is 0 Å². The minimum Gasteiger partial charge on any atom is -0.449 e.